The van der Waals surface area contributed by atoms with Crippen molar-refractivity contribution in [2.75, 3.05) is 6.61 Å². The monoisotopic (exact) mass is 248 g/mol. The Morgan fingerprint density at radius 3 is 2.13 bits per heavy atom. The summed E-state index contributed by atoms with van der Waals surface area (Å²) in [7, 11) is 1.66. The lowest BCUT2D eigenvalue weighted by atomic mass is 10.1. The largest absolute Gasteiger partial charge is 0.396 e. The van der Waals surface area contributed by atoms with E-state index < -0.39 is 9.05 Å². The fraction of sp³-hybridized carbons (Fsp3) is 0.400. The van der Waals surface area contributed by atoms with E-state index in [-0.39, 0.29) is 12.4 Å². The van der Waals surface area contributed by atoms with Crippen LogP contribution in [0.3, 0.4) is 0 Å². The van der Waals surface area contributed by atoms with Gasteiger partial charge in [-0.2, -0.15) is 0 Å². The van der Waals surface area contributed by atoms with Gasteiger partial charge in [0, 0.05) is 17.3 Å². The van der Waals surface area contributed by atoms with Crippen LogP contribution in [-0.4, -0.2) is 20.1 Å². The molecule has 0 aliphatic rings. The Morgan fingerprint density at radius 1 is 1.13 bits per heavy atom. The molecule has 1 aromatic rings. The van der Waals surface area contributed by atoms with Gasteiger partial charge in [0.05, 0.1) is 5.75 Å². The topological polar surface area (TPSA) is 54.4 Å². The van der Waals surface area contributed by atoms with Crippen LogP contribution in [0.15, 0.2) is 24.3 Å². The first-order chi connectivity index (χ1) is 7.01. The second-order valence-corrected chi connectivity index (χ2v) is 6.10. The summed E-state index contributed by atoms with van der Waals surface area (Å²) >= 11 is 0. The van der Waals surface area contributed by atoms with Crippen molar-refractivity contribution < 1.29 is 13.5 Å². The molecule has 5 heteroatoms. The van der Waals surface area contributed by atoms with Gasteiger partial charge in [0.25, 0.3) is 0 Å². The van der Waals surface area contributed by atoms with Crippen molar-refractivity contribution in [2.24, 2.45) is 0 Å². The highest BCUT2D eigenvalue weighted by Crippen LogP contribution is 2.11. The molecule has 1 N–H and O–H groups in total. The van der Waals surface area contributed by atoms with Crippen LogP contribution in [0.5, 0.6) is 0 Å². The third kappa shape index (κ3) is 5.16. The minimum absolute atomic E-state index is 0.144. The Morgan fingerprint density at radius 2 is 1.67 bits per heavy atom. The summed E-state index contributed by atoms with van der Waals surface area (Å²) in [6.45, 7) is 0.164. The maximum Gasteiger partial charge on any atom is 0.236 e. The fourth-order valence-electron chi connectivity index (χ4n) is 1.28. The van der Waals surface area contributed by atoms with E-state index in [1.54, 1.807) is 12.1 Å². The SMILES string of the molecule is O=S(=O)(Cl)Cc1ccc(CCCO)cc1. The van der Waals surface area contributed by atoms with E-state index in [0.717, 1.165) is 12.0 Å². The van der Waals surface area contributed by atoms with Crippen LogP contribution in [0.1, 0.15) is 17.5 Å². The normalized spacial score (nSPS) is 11.6. The number of aliphatic hydroxyl groups is 1. The molecule has 0 heterocycles. The van der Waals surface area contributed by atoms with Gasteiger partial charge < -0.3 is 5.11 Å². The number of hydrogen-bond donors (Lipinski definition) is 1. The van der Waals surface area contributed by atoms with Crippen LogP contribution in [-0.2, 0) is 21.2 Å². The highest BCUT2D eigenvalue weighted by Gasteiger charge is 2.06. The quantitative estimate of drug-likeness (QED) is 0.807. The molecule has 0 bridgehead atoms. The van der Waals surface area contributed by atoms with Crippen LogP contribution >= 0.6 is 10.7 Å². The Balaban J connectivity index is 2.64. The number of benzene rings is 1. The van der Waals surface area contributed by atoms with Gasteiger partial charge in [-0.1, -0.05) is 24.3 Å². The molecule has 0 saturated carbocycles. The molecule has 1 aromatic carbocycles. The van der Waals surface area contributed by atoms with E-state index in [2.05, 4.69) is 0 Å². The Kier molecular flexibility index (Phi) is 4.57. The molecule has 1 rings (SSSR count). The molecule has 3 nitrogen and oxygen atoms in total. The molecule has 0 radical (unpaired) electrons. The first kappa shape index (κ1) is 12.5. The lowest BCUT2D eigenvalue weighted by Gasteiger charge is -2.01. The molecule has 0 amide bonds. The number of aryl methyl sites for hydroxylation is 1. The summed E-state index contributed by atoms with van der Waals surface area (Å²) in [5.41, 5.74) is 1.76. The van der Waals surface area contributed by atoms with Crippen molar-refractivity contribution >= 4 is 19.7 Å². The van der Waals surface area contributed by atoms with E-state index in [9.17, 15) is 8.42 Å². The number of halogens is 1. The average Bonchev–Trinajstić information content (AvgIpc) is 2.14. The summed E-state index contributed by atoms with van der Waals surface area (Å²) < 4.78 is 21.6. The summed E-state index contributed by atoms with van der Waals surface area (Å²) in [5.74, 6) is -0.144. The minimum atomic E-state index is -3.47. The van der Waals surface area contributed by atoms with Crippen LogP contribution in [0, 0.1) is 0 Å². The zero-order chi connectivity index (χ0) is 11.3. The summed E-state index contributed by atoms with van der Waals surface area (Å²) in [4.78, 5) is 0. The first-order valence-electron chi connectivity index (χ1n) is 4.62. The lowest BCUT2D eigenvalue weighted by Crippen LogP contribution is -1.95. The van der Waals surface area contributed by atoms with Crippen molar-refractivity contribution in [3.05, 3.63) is 35.4 Å². The van der Waals surface area contributed by atoms with Crippen molar-refractivity contribution in [3.8, 4) is 0 Å². The Labute approximate surface area is 94.1 Å². The van der Waals surface area contributed by atoms with Crippen LogP contribution in [0.2, 0.25) is 0 Å². The van der Waals surface area contributed by atoms with Gasteiger partial charge in [0.2, 0.25) is 9.05 Å². The maximum absolute atomic E-state index is 10.8. The number of rotatable bonds is 5. The van der Waals surface area contributed by atoms with Gasteiger partial charge in [0.15, 0.2) is 0 Å². The lowest BCUT2D eigenvalue weighted by molar-refractivity contribution is 0.288. The van der Waals surface area contributed by atoms with Crippen molar-refractivity contribution in [2.45, 2.75) is 18.6 Å². The maximum atomic E-state index is 10.8. The zero-order valence-corrected chi connectivity index (χ0v) is 9.76. The molecule has 0 spiro atoms. The van der Waals surface area contributed by atoms with E-state index in [4.69, 9.17) is 15.8 Å². The smallest absolute Gasteiger partial charge is 0.236 e. The van der Waals surface area contributed by atoms with E-state index in [1.807, 2.05) is 12.1 Å². The molecule has 0 aliphatic carbocycles. The zero-order valence-electron chi connectivity index (χ0n) is 8.19. The highest BCUT2D eigenvalue weighted by molar-refractivity contribution is 8.13. The predicted octanol–water partition coefficient (Wildman–Crippen LogP) is 1.68. The van der Waals surface area contributed by atoms with Crippen LogP contribution in [0.25, 0.3) is 0 Å². The van der Waals surface area contributed by atoms with Gasteiger partial charge in [-0.05, 0) is 24.0 Å². The van der Waals surface area contributed by atoms with Gasteiger partial charge in [-0.15, -0.1) is 0 Å². The van der Waals surface area contributed by atoms with Gasteiger partial charge in [0.1, 0.15) is 0 Å². The summed E-state index contributed by atoms with van der Waals surface area (Å²) in [6.07, 6.45) is 1.51. The van der Waals surface area contributed by atoms with Gasteiger partial charge in [-0.25, -0.2) is 8.42 Å². The minimum Gasteiger partial charge on any atom is -0.396 e. The van der Waals surface area contributed by atoms with E-state index in [1.165, 1.54) is 0 Å². The Hall–Kier alpha value is -0.580. The number of hydrogen-bond acceptors (Lipinski definition) is 3. The molecule has 0 aromatic heterocycles. The third-order valence-electron chi connectivity index (χ3n) is 1.99. The molecule has 0 fully saturated rings. The second-order valence-electron chi connectivity index (χ2n) is 3.33. The molecule has 0 saturated heterocycles. The molecule has 0 aliphatic heterocycles. The van der Waals surface area contributed by atoms with Crippen molar-refractivity contribution in [1.29, 1.82) is 0 Å². The summed E-state index contributed by atoms with van der Waals surface area (Å²) in [5, 5.41) is 8.64. The third-order valence-corrected chi connectivity index (χ3v) is 2.99. The molecular weight excluding hydrogens is 236 g/mol. The summed E-state index contributed by atoms with van der Waals surface area (Å²) in [6, 6.07) is 7.19. The second kappa shape index (κ2) is 5.49. The predicted molar refractivity (Wildman–Crippen MR) is 60.3 cm³/mol. The van der Waals surface area contributed by atoms with E-state index in [0.29, 0.717) is 12.0 Å². The van der Waals surface area contributed by atoms with E-state index >= 15 is 0 Å². The van der Waals surface area contributed by atoms with Crippen molar-refractivity contribution in [1.82, 2.24) is 0 Å². The number of aliphatic hydroxyl groups excluding tert-OH is 1. The fourth-order valence-corrected chi connectivity index (χ4v) is 2.25. The molecular formula is C10H13ClO3S. The first-order valence-corrected chi connectivity index (χ1v) is 7.10. The van der Waals surface area contributed by atoms with Crippen molar-refractivity contribution in [3.63, 3.8) is 0 Å². The molecule has 0 atom stereocenters. The van der Waals surface area contributed by atoms with Crippen LogP contribution < -0.4 is 0 Å². The molecule has 84 valence electrons. The average molecular weight is 249 g/mol. The van der Waals surface area contributed by atoms with Gasteiger partial charge in [-0.3, -0.25) is 0 Å². The van der Waals surface area contributed by atoms with Crippen LogP contribution in [0.4, 0.5) is 0 Å². The van der Waals surface area contributed by atoms with Gasteiger partial charge >= 0.3 is 0 Å². The molecule has 0 unspecified atom stereocenters. The molecule has 15 heavy (non-hydrogen) atoms. The highest BCUT2D eigenvalue weighted by atomic mass is 35.7. The Bertz CT molecular complexity index is 397. The standard InChI is InChI=1S/C10H13ClO3S/c11-15(13,14)8-10-5-3-9(4-6-10)2-1-7-12/h3-6,12H,1-2,7-8H2.